The van der Waals surface area contributed by atoms with Gasteiger partial charge < -0.3 is 19.7 Å². The summed E-state index contributed by atoms with van der Waals surface area (Å²) in [6, 6.07) is 15.1. The molecule has 0 fully saturated rings. The Bertz CT molecular complexity index is 1080. The molecule has 1 amide bonds. The first-order chi connectivity index (χ1) is 16.1. The normalized spacial score (nSPS) is 13.2. The fraction of sp³-hybridized carbons (Fsp3) is 0.320. The third kappa shape index (κ3) is 5.22. The molecule has 1 aromatic heterocycles. The van der Waals surface area contributed by atoms with Crippen molar-refractivity contribution in [3.63, 3.8) is 0 Å². The van der Waals surface area contributed by atoms with Crippen molar-refractivity contribution in [2.75, 3.05) is 12.4 Å². The van der Waals surface area contributed by atoms with Gasteiger partial charge in [-0.15, -0.1) is 0 Å². The highest BCUT2D eigenvalue weighted by molar-refractivity contribution is 7.98. The van der Waals surface area contributed by atoms with Crippen LogP contribution in [0.1, 0.15) is 36.1 Å². The van der Waals surface area contributed by atoms with Crippen molar-refractivity contribution in [3.05, 3.63) is 77.9 Å². The van der Waals surface area contributed by atoms with Crippen molar-refractivity contribution in [3.8, 4) is 11.1 Å². The van der Waals surface area contributed by atoms with Crippen LogP contribution >= 0.6 is 11.8 Å². The molecule has 8 heteroatoms. The highest BCUT2D eigenvalue weighted by atomic mass is 32.2. The zero-order valence-electron chi connectivity index (χ0n) is 18.4. The molecule has 1 heterocycles. The molecule has 0 bridgehead atoms. The molecule has 1 unspecified atom stereocenters. The first-order valence-corrected chi connectivity index (χ1v) is 12.1. The van der Waals surface area contributed by atoms with Gasteiger partial charge >= 0.3 is 12.1 Å². The number of amides is 1. The largest absolute Gasteiger partial charge is 0.480 e. The Balaban J connectivity index is 1.32. The number of aliphatic carboxylic acids is 1. The second-order valence-electron chi connectivity index (χ2n) is 7.95. The van der Waals surface area contributed by atoms with Crippen molar-refractivity contribution >= 4 is 23.8 Å². The number of aromatic nitrogens is 2. The number of carbonyl (C=O) groups is 2. The van der Waals surface area contributed by atoms with Gasteiger partial charge in [-0.25, -0.2) is 14.6 Å². The van der Waals surface area contributed by atoms with Gasteiger partial charge in [0.05, 0.1) is 6.33 Å². The highest BCUT2D eigenvalue weighted by Gasteiger charge is 2.29. The van der Waals surface area contributed by atoms with Crippen LogP contribution in [0.15, 0.2) is 61.1 Å². The van der Waals surface area contributed by atoms with Crippen molar-refractivity contribution in [2.45, 2.75) is 37.6 Å². The van der Waals surface area contributed by atoms with E-state index in [9.17, 15) is 14.7 Å². The number of carboxylic acid groups (broad SMARTS) is 1. The van der Waals surface area contributed by atoms with E-state index in [-0.39, 0.29) is 18.3 Å². The number of hydrogen-bond donors (Lipinski definition) is 2. The minimum Gasteiger partial charge on any atom is -0.480 e. The van der Waals surface area contributed by atoms with Gasteiger partial charge in [0.1, 0.15) is 12.6 Å². The summed E-state index contributed by atoms with van der Waals surface area (Å²) in [4.78, 5) is 28.3. The molecule has 2 aromatic carbocycles. The number of nitrogens with one attached hydrogen (secondary N) is 1. The number of rotatable bonds is 10. The molecular weight excluding hydrogens is 438 g/mol. The number of alkyl carbamates (subject to hydrolysis) is 1. The third-order valence-corrected chi connectivity index (χ3v) is 6.80. The number of benzene rings is 2. The van der Waals surface area contributed by atoms with Crippen LogP contribution in [0.2, 0.25) is 0 Å². The fourth-order valence-electron chi connectivity index (χ4n) is 4.15. The van der Waals surface area contributed by atoms with Gasteiger partial charge in [0.25, 0.3) is 0 Å². The van der Waals surface area contributed by atoms with E-state index in [1.165, 1.54) is 11.8 Å². The molecule has 0 saturated heterocycles. The molecule has 3 aromatic rings. The van der Waals surface area contributed by atoms with E-state index in [4.69, 9.17) is 4.74 Å². The number of hydrogen-bond acceptors (Lipinski definition) is 5. The Hall–Kier alpha value is -3.26. The number of aryl methyl sites for hydroxylation is 1. The Morgan fingerprint density at radius 3 is 2.45 bits per heavy atom. The van der Waals surface area contributed by atoms with Crippen LogP contribution in [-0.2, 0) is 21.8 Å². The summed E-state index contributed by atoms with van der Waals surface area (Å²) in [5, 5.41) is 12.1. The molecule has 1 aliphatic carbocycles. The standard InChI is InChI=1S/C25H27N3O4S/c1-2-11-28-16-26-12-17(28)14-33-15-23(24(29)30)27-25(31)32-13-22-20-9-5-3-7-18(20)19-8-4-6-10-21(19)22/h3-10,12,16,22-23H,2,11,13-15H2,1H3,(H,27,31)(H,29,30). The zero-order valence-corrected chi connectivity index (χ0v) is 19.3. The summed E-state index contributed by atoms with van der Waals surface area (Å²) in [6.45, 7) is 3.11. The van der Waals surface area contributed by atoms with E-state index in [1.807, 2.05) is 36.4 Å². The Morgan fingerprint density at radius 1 is 1.15 bits per heavy atom. The average Bonchev–Trinajstić information content (AvgIpc) is 3.39. The van der Waals surface area contributed by atoms with Gasteiger partial charge in [-0.05, 0) is 28.7 Å². The van der Waals surface area contributed by atoms with Gasteiger partial charge in [0.2, 0.25) is 0 Å². The van der Waals surface area contributed by atoms with Crippen molar-refractivity contribution in [2.24, 2.45) is 0 Å². The molecule has 33 heavy (non-hydrogen) atoms. The predicted molar refractivity (Wildman–Crippen MR) is 128 cm³/mol. The van der Waals surface area contributed by atoms with Crippen LogP contribution in [0.3, 0.4) is 0 Å². The topological polar surface area (TPSA) is 93.5 Å². The Kier molecular flexibility index (Phi) is 7.34. The number of carbonyl (C=O) groups excluding carboxylic acids is 1. The smallest absolute Gasteiger partial charge is 0.407 e. The van der Waals surface area contributed by atoms with Gasteiger partial charge in [0.15, 0.2) is 0 Å². The van der Waals surface area contributed by atoms with Crippen molar-refractivity contribution in [1.82, 2.24) is 14.9 Å². The second kappa shape index (κ2) is 10.6. The summed E-state index contributed by atoms with van der Waals surface area (Å²) in [7, 11) is 0. The predicted octanol–water partition coefficient (Wildman–Crippen LogP) is 4.52. The summed E-state index contributed by atoms with van der Waals surface area (Å²) in [5.74, 6) is -0.301. The molecule has 7 nitrogen and oxygen atoms in total. The SMILES string of the molecule is CCCn1cncc1CSCC(NC(=O)OCC1c2ccccc2-c2ccccc21)C(=O)O. The summed E-state index contributed by atoms with van der Waals surface area (Å²) in [6.07, 6.45) is 3.84. The van der Waals surface area contributed by atoms with E-state index >= 15 is 0 Å². The second-order valence-corrected chi connectivity index (χ2v) is 8.98. The molecular formula is C25H27N3O4S. The molecule has 1 atom stereocenters. The van der Waals surface area contributed by atoms with E-state index in [0.717, 1.165) is 40.9 Å². The van der Waals surface area contributed by atoms with E-state index in [0.29, 0.717) is 5.75 Å². The maximum Gasteiger partial charge on any atom is 0.407 e. The lowest BCUT2D eigenvalue weighted by Gasteiger charge is -2.17. The van der Waals surface area contributed by atoms with Crippen LogP contribution in [0.25, 0.3) is 11.1 Å². The van der Waals surface area contributed by atoms with E-state index in [1.54, 1.807) is 12.5 Å². The number of ether oxygens (including phenoxy) is 1. The molecule has 0 aliphatic heterocycles. The lowest BCUT2D eigenvalue weighted by atomic mass is 9.98. The highest BCUT2D eigenvalue weighted by Crippen LogP contribution is 2.44. The quantitative estimate of drug-likeness (QED) is 0.457. The van der Waals surface area contributed by atoms with Gasteiger partial charge in [0, 0.05) is 35.9 Å². The molecule has 2 N–H and O–H groups in total. The fourth-order valence-corrected chi connectivity index (χ4v) is 5.18. The van der Waals surface area contributed by atoms with Crippen molar-refractivity contribution < 1.29 is 19.4 Å². The third-order valence-electron chi connectivity index (χ3n) is 5.73. The molecule has 0 spiro atoms. The monoisotopic (exact) mass is 465 g/mol. The van der Waals surface area contributed by atoms with Gasteiger partial charge in [-0.2, -0.15) is 11.8 Å². The van der Waals surface area contributed by atoms with Gasteiger partial charge in [-0.3, -0.25) is 0 Å². The Labute approximate surface area is 197 Å². The average molecular weight is 466 g/mol. The first kappa shape index (κ1) is 22.9. The molecule has 0 radical (unpaired) electrons. The van der Waals surface area contributed by atoms with E-state index in [2.05, 4.69) is 33.9 Å². The van der Waals surface area contributed by atoms with Crippen LogP contribution in [-0.4, -0.2) is 45.1 Å². The number of fused-ring (bicyclic) bond motifs is 3. The van der Waals surface area contributed by atoms with Crippen LogP contribution in [0.4, 0.5) is 4.79 Å². The lowest BCUT2D eigenvalue weighted by Crippen LogP contribution is -2.43. The molecule has 172 valence electrons. The number of carboxylic acids is 1. The van der Waals surface area contributed by atoms with Crippen LogP contribution in [0.5, 0.6) is 0 Å². The minimum atomic E-state index is -1.09. The number of nitrogens with zero attached hydrogens (tertiary/aromatic N) is 2. The lowest BCUT2D eigenvalue weighted by molar-refractivity contribution is -0.138. The molecule has 4 rings (SSSR count). The van der Waals surface area contributed by atoms with Crippen LogP contribution in [0, 0.1) is 0 Å². The minimum absolute atomic E-state index is 0.0698. The van der Waals surface area contributed by atoms with E-state index < -0.39 is 18.1 Å². The van der Waals surface area contributed by atoms with Crippen molar-refractivity contribution in [1.29, 1.82) is 0 Å². The number of imidazole rings is 1. The Morgan fingerprint density at radius 2 is 1.82 bits per heavy atom. The molecule has 1 aliphatic rings. The molecule has 0 saturated carbocycles. The first-order valence-electron chi connectivity index (χ1n) is 11.0. The maximum absolute atomic E-state index is 12.4. The summed E-state index contributed by atoms with van der Waals surface area (Å²) in [5.41, 5.74) is 5.54. The van der Waals surface area contributed by atoms with Crippen LogP contribution < -0.4 is 5.32 Å². The summed E-state index contributed by atoms with van der Waals surface area (Å²) < 4.78 is 7.54. The zero-order chi connectivity index (χ0) is 23.2. The maximum atomic E-state index is 12.4. The summed E-state index contributed by atoms with van der Waals surface area (Å²) >= 11 is 1.44. The number of thioether (sulfide) groups is 1. The van der Waals surface area contributed by atoms with Gasteiger partial charge in [-0.1, -0.05) is 55.5 Å².